The van der Waals surface area contributed by atoms with Gasteiger partial charge in [0.2, 0.25) is 10.0 Å². The van der Waals surface area contributed by atoms with E-state index in [0.717, 1.165) is 4.31 Å². The Bertz CT molecular complexity index is 891. The lowest BCUT2D eigenvalue weighted by molar-refractivity contribution is -0.138. The highest BCUT2D eigenvalue weighted by atomic mass is 32.2. The first-order valence-electron chi connectivity index (χ1n) is 7.41. The lowest BCUT2D eigenvalue weighted by atomic mass is 10.2. The summed E-state index contributed by atoms with van der Waals surface area (Å²) in [6.07, 6.45) is 2.63. The number of rotatable bonds is 6. The number of esters is 1. The molecule has 0 N–H and O–H groups in total. The van der Waals surface area contributed by atoms with Crippen molar-refractivity contribution in [1.82, 2.24) is 4.31 Å². The summed E-state index contributed by atoms with van der Waals surface area (Å²) in [5.41, 5.74) is 1.09. The Kier molecular flexibility index (Phi) is 6.06. The first kappa shape index (κ1) is 18.8. The smallest absolute Gasteiger partial charge is 0.331 e. The number of benzene rings is 2. The van der Waals surface area contributed by atoms with Gasteiger partial charge in [-0.1, -0.05) is 24.3 Å². The third-order valence-corrected chi connectivity index (χ3v) is 5.13. The highest BCUT2D eigenvalue weighted by Gasteiger charge is 2.17. The molecule has 0 radical (unpaired) electrons. The number of hydrogen-bond donors (Lipinski definition) is 0. The van der Waals surface area contributed by atoms with Crippen molar-refractivity contribution in [1.29, 1.82) is 0 Å². The van der Waals surface area contributed by atoms with Gasteiger partial charge in [0.1, 0.15) is 12.4 Å². The second-order valence-corrected chi connectivity index (χ2v) is 7.58. The Labute approximate surface area is 146 Å². The summed E-state index contributed by atoms with van der Waals surface area (Å²) in [6, 6.07) is 12.0. The molecule has 0 spiro atoms. The first-order chi connectivity index (χ1) is 11.8. The normalized spacial score (nSPS) is 11.8. The van der Waals surface area contributed by atoms with Gasteiger partial charge in [-0.25, -0.2) is 21.9 Å². The van der Waals surface area contributed by atoms with Crippen molar-refractivity contribution in [3.63, 3.8) is 0 Å². The van der Waals surface area contributed by atoms with Gasteiger partial charge < -0.3 is 4.74 Å². The molecule has 0 amide bonds. The van der Waals surface area contributed by atoms with Gasteiger partial charge in [-0.15, -0.1) is 0 Å². The summed E-state index contributed by atoms with van der Waals surface area (Å²) in [4.78, 5) is 11.9. The molecule has 0 saturated carbocycles. The zero-order valence-corrected chi connectivity index (χ0v) is 14.7. The van der Waals surface area contributed by atoms with Crippen LogP contribution in [0.1, 0.15) is 11.1 Å². The number of sulfonamides is 1. The predicted molar refractivity (Wildman–Crippen MR) is 92.5 cm³/mol. The molecule has 2 rings (SSSR count). The topological polar surface area (TPSA) is 63.7 Å². The Morgan fingerprint density at radius 1 is 1.16 bits per heavy atom. The molecule has 0 bridgehead atoms. The van der Waals surface area contributed by atoms with Crippen LogP contribution >= 0.6 is 0 Å². The molecule has 2 aromatic carbocycles. The Morgan fingerprint density at radius 2 is 1.88 bits per heavy atom. The second kappa shape index (κ2) is 8.04. The van der Waals surface area contributed by atoms with E-state index in [4.69, 9.17) is 4.74 Å². The molecule has 0 saturated heterocycles. The van der Waals surface area contributed by atoms with Crippen LogP contribution in [0.4, 0.5) is 4.39 Å². The number of carbonyl (C=O) groups is 1. The van der Waals surface area contributed by atoms with Gasteiger partial charge in [0, 0.05) is 20.2 Å². The number of carbonyl (C=O) groups excluding carboxylic acids is 1. The van der Waals surface area contributed by atoms with E-state index in [1.807, 2.05) is 0 Å². The van der Waals surface area contributed by atoms with E-state index in [1.54, 1.807) is 18.2 Å². The second-order valence-electron chi connectivity index (χ2n) is 5.43. The van der Waals surface area contributed by atoms with Crippen molar-refractivity contribution in [3.05, 3.63) is 71.6 Å². The van der Waals surface area contributed by atoms with E-state index >= 15 is 0 Å². The molecule has 0 aromatic heterocycles. The van der Waals surface area contributed by atoms with Gasteiger partial charge >= 0.3 is 5.97 Å². The van der Waals surface area contributed by atoms with Crippen molar-refractivity contribution in [3.8, 4) is 0 Å². The maximum Gasteiger partial charge on any atom is 0.331 e. The molecular formula is C18H18FNO4S. The number of ether oxygens (including phenoxy) is 1. The minimum absolute atomic E-state index is 0.0664. The van der Waals surface area contributed by atoms with Crippen LogP contribution in [-0.4, -0.2) is 32.8 Å². The maximum absolute atomic E-state index is 13.0. The molecule has 2 aromatic rings. The molecule has 0 aliphatic carbocycles. The summed E-state index contributed by atoms with van der Waals surface area (Å²) in [6.45, 7) is -0.0664. The van der Waals surface area contributed by atoms with E-state index in [2.05, 4.69) is 0 Å². The van der Waals surface area contributed by atoms with Crippen LogP contribution < -0.4 is 0 Å². The zero-order chi connectivity index (χ0) is 18.4. The standard InChI is InChI=1S/C18H18FNO4S/c1-20(2)25(22,23)17-8-4-6-15(12-17)13-24-18(21)10-9-14-5-3-7-16(19)11-14/h3-12H,13H2,1-2H3/b10-9+. The molecule has 0 aliphatic heterocycles. The van der Waals surface area contributed by atoms with Crippen molar-refractivity contribution < 1.29 is 22.3 Å². The average Bonchev–Trinajstić information content (AvgIpc) is 2.58. The van der Waals surface area contributed by atoms with Crippen LogP contribution in [-0.2, 0) is 26.2 Å². The zero-order valence-electron chi connectivity index (χ0n) is 13.8. The Morgan fingerprint density at radius 3 is 2.56 bits per heavy atom. The van der Waals surface area contributed by atoms with Crippen LogP contribution in [0.15, 0.2) is 59.5 Å². The van der Waals surface area contributed by atoms with Crippen LogP contribution in [0.2, 0.25) is 0 Å². The van der Waals surface area contributed by atoms with Gasteiger partial charge in [-0.3, -0.25) is 0 Å². The van der Waals surface area contributed by atoms with Gasteiger partial charge in [0.05, 0.1) is 4.90 Å². The molecule has 0 fully saturated rings. The van der Waals surface area contributed by atoms with Gasteiger partial charge in [0.15, 0.2) is 0 Å². The third-order valence-electron chi connectivity index (χ3n) is 3.32. The quantitative estimate of drug-likeness (QED) is 0.585. The van der Waals surface area contributed by atoms with Crippen LogP contribution in [0.25, 0.3) is 6.08 Å². The average molecular weight is 363 g/mol. The highest BCUT2D eigenvalue weighted by Crippen LogP contribution is 2.15. The van der Waals surface area contributed by atoms with E-state index in [0.29, 0.717) is 11.1 Å². The SMILES string of the molecule is CN(C)S(=O)(=O)c1cccc(COC(=O)/C=C/c2cccc(F)c2)c1. The fourth-order valence-electron chi connectivity index (χ4n) is 1.98. The van der Waals surface area contributed by atoms with Crippen molar-refractivity contribution in [2.45, 2.75) is 11.5 Å². The summed E-state index contributed by atoms with van der Waals surface area (Å²) in [5.74, 6) is -1.00. The lowest BCUT2D eigenvalue weighted by Crippen LogP contribution is -2.22. The van der Waals surface area contributed by atoms with Crippen LogP contribution in [0.3, 0.4) is 0 Å². The molecule has 0 atom stereocenters. The first-order valence-corrected chi connectivity index (χ1v) is 8.85. The summed E-state index contributed by atoms with van der Waals surface area (Å²) in [7, 11) is -0.658. The fourth-order valence-corrected chi connectivity index (χ4v) is 2.96. The molecule has 0 aliphatic rings. The van der Waals surface area contributed by atoms with E-state index in [-0.39, 0.29) is 11.5 Å². The summed E-state index contributed by atoms with van der Waals surface area (Å²) in [5, 5.41) is 0. The van der Waals surface area contributed by atoms with Gasteiger partial charge in [-0.05, 0) is 41.5 Å². The van der Waals surface area contributed by atoms with Gasteiger partial charge in [-0.2, -0.15) is 0 Å². The van der Waals surface area contributed by atoms with E-state index in [1.165, 1.54) is 56.6 Å². The molecule has 25 heavy (non-hydrogen) atoms. The monoisotopic (exact) mass is 363 g/mol. The molecule has 0 heterocycles. The van der Waals surface area contributed by atoms with E-state index < -0.39 is 21.8 Å². The summed E-state index contributed by atoms with van der Waals surface area (Å²) < 4.78 is 43.4. The lowest BCUT2D eigenvalue weighted by Gasteiger charge is -2.12. The number of halogens is 1. The fraction of sp³-hybridized carbons (Fsp3) is 0.167. The largest absolute Gasteiger partial charge is 0.458 e. The van der Waals surface area contributed by atoms with Crippen molar-refractivity contribution in [2.75, 3.05) is 14.1 Å². The maximum atomic E-state index is 13.0. The molecule has 132 valence electrons. The number of nitrogens with zero attached hydrogens (tertiary/aromatic N) is 1. The van der Waals surface area contributed by atoms with Gasteiger partial charge in [0.25, 0.3) is 0 Å². The Hall–Kier alpha value is -2.51. The molecular weight excluding hydrogens is 345 g/mol. The minimum Gasteiger partial charge on any atom is -0.458 e. The van der Waals surface area contributed by atoms with Crippen LogP contribution in [0.5, 0.6) is 0 Å². The van der Waals surface area contributed by atoms with E-state index in [9.17, 15) is 17.6 Å². The minimum atomic E-state index is -3.54. The Balaban J connectivity index is 2.00. The number of hydrogen-bond acceptors (Lipinski definition) is 4. The third kappa shape index (κ3) is 5.23. The van der Waals surface area contributed by atoms with Crippen molar-refractivity contribution >= 4 is 22.1 Å². The molecule has 0 unspecified atom stereocenters. The predicted octanol–water partition coefficient (Wildman–Crippen LogP) is 2.83. The molecule has 7 heteroatoms. The van der Waals surface area contributed by atoms with Crippen LogP contribution in [0, 0.1) is 5.82 Å². The van der Waals surface area contributed by atoms with Crippen molar-refractivity contribution in [2.24, 2.45) is 0 Å². The molecule has 5 nitrogen and oxygen atoms in total. The summed E-state index contributed by atoms with van der Waals surface area (Å²) >= 11 is 0. The highest BCUT2D eigenvalue weighted by molar-refractivity contribution is 7.89.